The molecule has 0 unspecified atom stereocenters. The minimum Gasteiger partial charge on any atom is -0.352 e. The Morgan fingerprint density at radius 2 is 2.03 bits per heavy atom. The van der Waals surface area contributed by atoms with E-state index < -0.39 is 0 Å². The van der Waals surface area contributed by atoms with E-state index in [1.165, 1.54) is 16.8 Å². The van der Waals surface area contributed by atoms with Gasteiger partial charge in [-0.3, -0.25) is 4.99 Å². The number of guanidine groups is 1. The number of benzene rings is 1. The van der Waals surface area contributed by atoms with Crippen LogP contribution in [0.15, 0.2) is 58.4 Å². The van der Waals surface area contributed by atoms with Crippen molar-refractivity contribution in [1.29, 1.82) is 0 Å². The van der Waals surface area contributed by atoms with Gasteiger partial charge in [0.25, 0.3) is 0 Å². The molecule has 0 aliphatic carbocycles. The van der Waals surface area contributed by atoms with Crippen molar-refractivity contribution in [1.82, 2.24) is 24.3 Å². The third-order valence-corrected chi connectivity index (χ3v) is 5.20. The van der Waals surface area contributed by atoms with Crippen molar-refractivity contribution >= 4 is 45.9 Å². The fourth-order valence-electron chi connectivity index (χ4n) is 3.21. The molecule has 3 rings (SSSR count). The molecule has 0 saturated carbocycles. The highest BCUT2D eigenvalue weighted by atomic mass is 127. The molecule has 8 heteroatoms. The molecule has 1 aromatic carbocycles. The van der Waals surface area contributed by atoms with E-state index in [-0.39, 0.29) is 24.0 Å². The molecule has 2 heterocycles. The summed E-state index contributed by atoms with van der Waals surface area (Å²) in [6, 6.07) is 10.8. The molecule has 0 aliphatic heterocycles. The predicted molar refractivity (Wildman–Crippen MR) is 133 cm³/mol. The molecular weight excluding hydrogens is 543 g/mol. The van der Waals surface area contributed by atoms with E-state index >= 15 is 0 Å². The van der Waals surface area contributed by atoms with Gasteiger partial charge in [0.05, 0.1) is 6.54 Å². The lowest BCUT2D eigenvalue weighted by atomic mass is 10.1. The Morgan fingerprint density at radius 1 is 1.28 bits per heavy atom. The molecule has 0 saturated heterocycles. The van der Waals surface area contributed by atoms with Crippen LogP contribution in [0.1, 0.15) is 22.6 Å². The second-order valence-corrected chi connectivity index (χ2v) is 7.86. The van der Waals surface area contributed by atoms with Gasteiger partial charge in [-0.15, -0.1) is 24.0 Å². The maximum Gasteiger partial charge on any atom is 0.194 e. The Labute approximate surface area is 198 Å². The van der Waals surface area contributed by atoms with Gasteiger partial charge in [-0.2, -0.15) is 0 Å². The largest absolute Gasteiger partial charge is 0.352 e. The van der Waals surface area contributed by atoms with Gasteiger partial charge in [-0.1, -0.05) is 24.3 Å². The first-order valence-electron chi connectivity index (χ1n) is 9.24. The normalized spacial score (nSPS) is 11.3. The van der Waals surface area contributed by atoms with Crippen LogP contribution < -0.4 is 5.32 Å². The van der Waals surface area contributed by atoms with Crippen molar-refractivity contribution in [3.05, 3.63) is 76.0 Å². The highest BCUT2D eigenvalue weighted by Gasteiger charge is 2.10. The van der Waals surface area contributed by atoms with E-state index in [1.54, 1.807) is 0 Å². The van der Waals surface area contributed by atoms with Gasteiger partial charge < -0.3 is 19.4 Å². The Balaban J connectivity index is 0.00000300. The Hall–Kier alpha value is -1.81. The molecule has 0 radical (unpaired) electrons. The molecule has 29 heavy (non-hydrogen) atoms. The molecule has 0 spiro atoms. The average Bonchev–Trinajstić information content (AvgIpc) is 3.20. The first-order valence-corrected chi connectivity index (χ1v) is 10.0. The van der Waals surface area contributed by atoms with Crippen molar-refractivity contribution in [3.63, 3.8) is 0 Å². The minimum atomic E-state index is 0. The van der Waals surface area contributed by atoms with Crippen LogP contribution in [0.3, 0.4) is 0 Å². The van der Waals surface area contributed by atoms with E-state index in [1.807, 2.05) is 26.4 Å². The Kier molecular flexibility index (Phi) is 8.76. The zero-order valence-corrected chi connectivity index (χ0v) is 21.2. The van der Waals surface area contributed by atoms with Crippen LogP contribution in [0.4, 0.5) is 0 Å². The van der Waals surface area contributed by atoms with Crippen LogP contribution in [-0.4, -0.2) is 39.1 Å². The summed E-state index contributed by atoms with van der Waals surface area (Å²) in [5.41, 5.74) is 3.71. The second kappa shape index (κ2) is 10.8. The van der Waals surface area contributed by atoms with Gasteiger partial charge in [-0.25, -0.2) is 4.98 Å². The van der Waals surface area contributed by atoms with Crippen LogP contribution in [0.2, 0.25) is 0 Å². The monoisotopic (exact) mass is 570 g/mol. The number of hydrogen-bond donors (Lipinski definition) is 1. The molecule has 0 aliphatic rings. The first kappa shape index (κ1) is 23.5. The summed E-state index contributed by atoms with van der Waals surface area (Å²) in [7, 11) is 5.92. The van der Waals surface area contributed by atoms with Crippen molar-refractivity contribution < 1.29 is 0 Å². The van der Waals surface area contributed by atoms with Crippen molar-refractivity contribution in [2.45, 2.75) is 26.6 Å². The molecule has 1 N–H and O–H groups in total. The topological polar surface area (TPSA) is 50.4 Å². The molecular formula is C21H28BrIN6. The zero-order chi connectivity index (χ0) is 20.1. The fourth-order valence-corrected chi connectivity index (χ4v) is 3.78. The average molecular weight is 571 g/mol. The number of aliphatic imine (C=N–C) groups is 1. The Bertz CT molecular complexity index is 962. The second-order valence-electron chi connectivity index (χ2n) is 6.94. The maximum atomic E-state index is 4.43. The number of halogens is 2. The van der Waals surface area contributed by atoms with Gasteiger partial charge in [0.15, 0.2) is 5.96 Å². The van der Waals surface area contributed by atoms with E-state index in [9.17, 15) is 0 Å². The SMILES string of the molecule is CN=C(NCc1cccc(Cn2ccnc2C)c1)N(C)Cc1cc(Br)cn1C.I. The van der Waals surface area contributed by atoms with E-state index in [0.29, 0.717) is 0 Å². The summed E-state index contributed by atoms with van der Waals surface area (Å²) in [5.74, 6) is 1.89. The lowest BCUT2D eigenvalue weighted by Gasteiger charge is -2.22. The lowest BCUT2D eigenvalue weighted by molar-refractivity contribution is 0.461. The molecule has 0 amide bonds. The molecule has 0 atom stereocenters. The highest BCUT2D eigenvalue weighted by Crippen LogP contribution is 2.15. The van der Waals surface area contributed by atoms with E-state index in [0.717, 1.165) is 35.9 Å². The molecule has 0 fully saturated rings. The van der Waals surface area contributed by atoms with Crippen molar-refractivity contribution in [3.8, 4) is 0 Å². The molecule has 2 aromatic heterocycles. The van der Waals surface area contributed by atoms with Gasteiger partial charge in [0.2, 0.25) is 0 Å². The zero-order valence-electron chi connectivity index (χ0n) is 17.3. The summed E-state index contributed by atoms with van der Waals surface area (Å²) in [6.07, 6.45) is 5.91. The van der Waals surface area contributed by atoms with Gasteiger partial charge in [0, 0.05) is 63.0 Å². The highest BCUT2D eigenvalue weighted by molar-refractivity contribution is 14.0. The first-order chi connectivity index (χ1) is 13.5. The van der Waals surface area contributed by atoms with E-state index in [2.05, 4.69) is 95.9 Å². The number of aromatic nitrogens is 3. The summed E-state index contributed by atoms with van der Waals surface area (Å²) in [6.45, 7) is 4.36. The minimum absolute atomic E-state index is 0. The van der Waals surface area contributed by atoms with Crippen LogP contribution in [-0.2, 0) is 26.7 Å². The number of imidazole rings is 1. The van der Waals surface area contributed by atoms with Crippen LogP contribution in [0.25, 0.3) is 0 Å². The predicted octanol–water partition coefficient (Wildman–Crippen LogP) is 4.17. The summed E-state index contributed by atoms with van der Waals surface area (Å²) >= 11 is 3.53. The van der Waals surface area contributed by atoms with Crippen LogP contribution >= 0.6 is 39.9 Å². The maximum absolute atomic E-state index is 4.43. The quantitative estimate of drug-likeness (QED) is 0.275. The van der Waals surface area contributed by atoms with Gasteiger partial charge in [-0.05, 0) is 40.0 Å². The molecule has 0 bridgehead atoms. The lowest BCUT2D eigenvalue weighted by Crippen LogP contribution is -2.38. The number of aryl methyl sites for hydroxylation is 2. The fraction of sp³-hybridized carbons (Fsp3) is 0.333. The van der Waals surface area contributed by atoms with Gasteiger partial charge in [0.1, 0.15) is 5.82 Å². The number of nitrogens with zero attached hydrogens (tertiary/aromatic N) is 5. The molecule has 156 valence electrons. The third-order valence-electron chi connectivity index (χ3n) is 4.77. The van der Waals surface area contributed by atoms with Crippen LogP contribution in [0.5, 0.6) is 0 Å². The van der Waals surface area contributed by atoms with Gasteiger partial charge >= 0.3 is 0 Å². The number of rotatable bonds is 6. The molecule has 6 nitrogen and oxygen atoms in total. The Morgan fingerprint density at radius 3 is 2.66 bits per heavy atom. The number of hydrogen-bond acceptors (Lipinski definition) is 2. The smallest absolute Gasteiger partial charge is 0.194 e. The summed E-state index contributed by atoms with van der Waals surface area (Å²) in [5, 5.41) is 3.47. The summed E-state index contributed by atoms with van der Waals surface area (Å²) < 4.78 is 5.36. The third kappa shape index (κ3) is 6.33. The standard InChI is InChI=1S/C21H27BrN6.HI/c1-16-24-8-9-28(16)13-18-7-5-6-17(10-18)12-25-21(23-2)27(4)15-20-11-19(22)14-26(20)3;/h5-11,14H,12-13,15H2,1-4H3,(H,23,25);1H. The van der Waals surface area contributed by atoms with Crippen LogP contribution in [0, 0.1) is 6.92 Å². The summed E-state index contributed by atoms with van der Waals surface area (Å²) in [4.78, 5) is 10.8. The molecule has 3 aromatic rings. The van der Waals surface area contributed by atoms with Crippen molar-refractivity contribution in [2.24, 2.45) is 12.0 Å². The van der Waals surface area contributed by atoms with Crippen molar-refractivity contribution in [2.75, 3.05) is 14.1 Å². The van der Waals surface area contributed by atoms with E-state index in [4.69, 9.17) is 0 Å². The number of nitrogens with one attached hydrogen (secondary N) is 1.